The van der Waals surface area contributed by atoms with E-state index in [0.717, 1.165) is 28.1 Å². The van der Waals surface area contributed by atoms with E-state index in [9.17, 15) is 9.59 Å². The van der Waals surface area contributed by atoms with Crippen LogP contribution in [-0.2, 0) is 9.59 Å². The predicted molar refractivity (Wildman–Crippen MR) is 112 cm³/mol. The quantitative estimate of drug-likeness (QED) is 0.835. The summed E-state index contributed by atoms with van der Waals surface area (Å²) in [6, 6.07) is 11.8. The highest BCUT2D eigenvalue weighted by molar-refractivity contribution is 8.15. The monoisotopic (exact) mass is 381 g/mol. The first-order valence-corrected chi connectivity index (χ1v) is 9.70. The van der Waals surface area contributed by atoms with Crippen molar-refractivity contribution in [1.82, 2.24) is 5.32 Å². The molecule has 1 fully saturated rings. The molecule has 2 N–H and O–H groups in total. The molecule has 1 aliphatic rings. The lowest BCUT2D eigenvalue weighted by molar-refractivity contribution is -0.122. The van der Waals surface area contributed by atoms with Crippen LogP contribution in [0, 0.1) is 27.7 Å². The van der Waals surface area contributed by atoms with Crippen LogP contribution in [0.3, 0.4) is 0 Å². The minimum atomic E-state index is -0.471. The van der Waals surface area contributed by atoms with Gasteiger partial charge >= 0.3 is 0 Å². The number of carbonyl (C=O) groups excluding carboxylic acids is 2. The van der Waals surface area contributed by atoms with Crippen LogP contribution in [0.5, 0.6) is 0 Å². The van der Waals surface area contributed by atoms with Gasteiger partial charge in [-0.05, 0) is 62.6 Å². The number of amides is 2. The summed E-state index contributed by atoms with van der Waals surface area (Å²) >= 11 is 1.30. The van der Waals surface area contributed by atoms with Crippen LogP contribution in [0.4, 0.5) is 11.4 Å². The van der Waals surface area contributed by atoms with Gasteiger partial charge in [-0.25, -0.2) is 4.99 Å². The van der Waals surface area contributed by atoms with Crippen molar-refractivity contribution in [3.05, 3.63) is 58.7 Å². The number of carbonyl (C=O) groups is 2. The van der Waals surface area contributed by atoms with Gasteiger partial charge in [-0.1, -0.05) is 35.5 Å². The summed E-state index contributed by atoms with van der Waals surface area (Å²) < 4.78 is 0. The Kier molecular flexibility index (Phi) is 5.65. The molecule has 0 bridgehead atoms. The van der Waals surface area contributed by atoms with Crippen LogP contribution >= 0.6 is 11.8 Å². The van der Waals surface area contributed by atoms with Gasteiger partial charge in [0.05, 0.1) is 5.69 Å². The number of thioether (sulfide) groups is 1. The SMILES string of the molecule is Cc1ccc(NC(=O)C[C@@H]2SC(=Nc3ccc(C)c(C)c3)NC2=O)c(C)c1. The highest BCUT2D eigenvalue weighted by atomic mass is 32.2. The maximum Gasteiger partial charge on any atom is 0.240 e. The van der Waals surface area contributed by atoms with E-state index < -0.39 is 5.25 Å². The molecule has 0 spiro atoms. The van der Waals surface area contributed by atoms with E-state index in [2.05, 4.69) is 15.6 Å². The molecule has 2 amide bonds. The van der Waals surface area contributed by atoms with Gasteiger partial charge in [0, 0.05) is 12.1 Å². The molecule has 0 unspecified atom stereocenters. The lowest BCUT2D eigenvalue weighted by Crippen LogP contribution is -2.28. The Morgan fingerprint density at radius 3 is 2.56 bits per heavy atom. The molecule has 0 aromatic heterocycles. The second-order valence-corrected chi connectivity index (χ2v) is 8.04. The van der Waals surface area contributed by atoms with Gasteiger partial charge in [0.1, 0.15) is 5.25 Å². The lowest BCUT2D eigenvalue weighted by atomic mass is 10.1. The second-order valence-electron chi connectivity index (χ2n) is 6.85. The van der Waals surface area contributed by atoms with Gasteiger partial charge in [0.15, 0.2) is 5.17 Å². The number of nitrogens with one attached hydrogen (secondary N) is 2. The Bertz CT molecular complexity index is 937. The Morgan fingerprint density at radius 2 is 1.85 bits per heavy atom. The largest absolute Gasteiger partial charge is 0.326 e. The van der Waals surface area contributed by atoms with E-state index in [-0.39, 0.29) is 18.2 Å². The summed E-state index contributed by atoms with van der Waals surface area (Å²) in [5.41, 5.74) is 6.06. The Balaban J connectivity index is 1.64. The Hall–Kier alpha value is -2.60. The van der Waals surface area contributed by atoms with E-state index >= 15 is 0 Å². The normalized spacial score (nSPS) is 17.9. The molecular weight excluding hydrogens is 358 g/mol. The molecule has 6 heteroatoms. The molecule has 1 heterocycles. The van der Waals surface area contributed by atoms with E-state index in [1.807, 2.05) is 64.1 Å². The summed E-state index contributed by atoms with van der Waals surface area (Å²) in [5, 5.41) is 5.72. The smallest absolute Gasteiger partial charge is 0.240 e. The molecule has 1 atom stereocenters. The molecule has 0 aliphatic carbocycles. The third-order valence-corrected chi connectivity index (χ3v) is 5.61. The van der Waals surface area contributed by atoms with Crippen molar-refractivity contribution in [2.24, 2.45) is 4.99 Å². The average molecular weight is 382 g/mol. The third kappa shape index (κ3) is 4.77. The van der Waals surface area contributed by atoms with Crippen molar-refractivity contribution < 1.29 is 9.59 Å². The van der Waals surface area contributed by atoms with Crippen molar-refractivity contribution in [3.63, 3.8) is 0 Å². The van der Waals surface area contributed by atoms with Crippen LogP contribution in [0.1, 0.15) is 28.7 Å². The summed E-state index contributed by atoms with van der Waals surface area (Å²) in [6.07, 6.45) is 0.107. The molecule has 2 aromatic rings. The van der Waals surface area contributed by atoms with Crippen LogP contribution in [0.15, 0.2) is 41.4 Å². The lowest BCUT2D eigenvalue weighted by Gasteiger charge is -2.10. The fourth-order valence-corrected chi connectivity index (χ4v) is 3.82. The van der Waals surface area contributed by atoms with E-state index in [1.54, 1.807) is 0 Å². The molecule has 5 nitrogen and oxygen atoms in total. The van der Waals surface area contributed by atoms with Gasteiger partial charge < -0.3 is 10.6 Å². The van der Waals surface area contributed by atoms with Gasteiger partial charge in [-0.15, -0.1) is 0 Å². The van der Waals surface area contributed by atoms with Crippen LogP contribution in [-0.4, -0.2) is 22.2 Å². The van der Waals surface area contributed by atoms with Crippen molar-refractivity contribution in [2.45, 2.75) is 39.4 Å². The molecule has 1 saturated heterocycles. The van der Waals surface area contributed by atoms with Crippen molar-refractivity contribution in [3.8, 4) is 0 Å². The topological polar surface area (TPSA) is 70.6 Å². The number of anilines is 1. The minimum absolute atomic E-state index is 0.107. The predicted octanol–water partition coefficient (Wildman–Crippen LogP) is 4.17. The van der Waals surface area contributed by atoms with Gasteiger partial charge in [-0.2, -0.15) is 0 Å². The molecular formula is C21H23N3O2S. The summed E-state index contributed by atoms with van der Waals surface area (Å²) in [5.74, 6) is -0.361. The summed E-state index contributed by atoms with van der Waals surface area (Å²) in [4.78, 5) is 29.0. The van der Waals surface area contributed by atoms with Crippen molar-refractivity contribution in [2.75, 3.05) is 5.32 Å². The average Bonchev–Trinajstić information content (AvgIpc) is 2.93. The zero-order valence-electron chi connectivity index (χ0n) is 15.9. The van der Waals surface area contributed by atoms with Crippen LogP contribution < -0.4 is 10.6 Å². The second kappa shape index (κ2) is 7.96. The van der Waals surface area contributed by atoms with Crippen LogP contribution in [0.25, 0.3) is 0 Å². The highest BCUT2D eigenvalue weighted by Crippen LogP contribution is 2.27. The highest BCUT2D eigenvalue weighted by Gasteiger charge is 2.32. The number of nitrogens with zero attached hydrogens (tertiary/aromatic N) is 1. The summed E-state index contributed by atoms with van der Waals surface area (Å²) in [6.45, 7) is 8.03. The molecule has 0 saturated carbocycles. The maximum atomic E-state index is 12.4. The first-order valence-electron chi connectivity index (χ1n) is 8.82. The first-order chi connectivity index (χ1) is 12.8. The number of rotatable bonds is 4. The third-order valence-electron chi connectivity index (χ3n) is 4.52. The summed E-state index contributed by atoms with van der Waals surface area (Å²) in [7, 11) is 0. The zero-order chi connectivity index (χ0) is 19.6. The van der Waals surface area contributed by atoms with Gasteiger partial charge in [0.2, 0.25) is 11.8 Å². The minimum Gasteiger partial charge on any atom is -0.326 e. The zero-order valence-corrected chi connectivity index (χ0v) is 16.7. The standard InChI is InChI=1S/C21H23N3O2S/c1-12-5-8-17(15(4)9-12)23-19(25)11-18-20(26)24-21(27-18)22-16-7-6-13(2)14(3)10-16/h5-10,18H,11H2,1-4H3,(H,23,25)(H,22,24,26)/t18-/m0/s1. The fraction of sp³-hybridized carbons (Fsp3) is 0.286. The fourth-order valence-electron chi connectivity index (χ4n) is 2.83. The Morgan fingerprint density at radius 1 is 1.07 bits per heavy atom. The van der Waals surface area contributed by atoms with E-state index in [0.29, 0.717) is 5.17 Å². The molecule has 0 radical (unpaired) electrons. The van der Waals surface area contributed by atoms with Crippen molar-refractivity contribution >= 4 is 40.1 Å². The number of hydrogen-bond acceptors (Lipinski definition) is 4. The molecule has 140 valence electrons. The number of benzene rings is 2. The van der Waals surface area contributed by atoms with Crippen molar-refractivity contribution in [1.29, 1.82) is 0 Å². The molecule has 27 heavy (non-hydrogen) atoms. The number of hydrogen-bond donors (Lipinski definition) is 2. The number of aryl methyl sites for hydroxylation is 4. The van der Waals surface area contributed by atoms with Gasteiger partial charge in [0.25, 0.3) is 0 Å². The number of amidine groups is 1. The molecule has 1 aliphatic heterocycles. The maximum absolute atomic E-state index is 12.4. The molecule has 3 rings (SSSR count). The van der Waals surface area contributed by atoms with Crippen LogP contribution in [0.2, 0.25) is 0 Å². The van der Waals surface area contributed by atoms with Gasteiger partial charge in [-0.3, -0.25) is 9.59 Å². The van der Waals surface area contributed by atoms with E-state index in [4.69, 9.17) is 0 Å². The molecule has 2 aromatic carbocycles. The van der Waals surface area contributed by atoms with E-state index in [1.165, 1.54) is 17.3 Å². The number of aliphatic imine (C=N–C) groups is 1. The Labute approximate surface area is 163 Å². The first kappa shape index (κ1) is 19.2.